The lowest BCUT2D eigenvalue weighted by Gasteiger charge is -2.36. The van der Waals surface area contributed by atoms with Gasteiger partial charge < -0.3 is 15.1 Å². The lowest BCUT2D eigenvalue weighted by molar-refractivity contribution is -0.119. The second-order valence-corrected chi connectivity index (χ2v) is 7.43. The summed E-state index contributed by atoms with van der Waals surface area (Å²) >= 11 is 0. The minimum atomic E-state index is -0.274. The molecule has 3 aromatic rings. The van der Waals surface area contributed by atoms with Gasteiger partial charge in [-0.2, -0.15) is 10.1 Å². The smallest absolute Gasteiger partial charge is 0.249 e. The number of anilines is 3. The molecular weight excluding hydrogens is 385 g/mol. The number of aryl methyl sites for hydroxylation is 2. The zero-order chi connectivity index (χ0) is 21.3. The topological polar surface area (TPSA) is 79.2 Å². The fraction of sp³-hybridized carbons (Fsp3) is 0.333. The molecule has 1 aromatic carbocycles. The SMILES string of the molecule is C[C@H]1C(=O)N(C)c2cnc(NCc3cnn(CCc4ccc(F)cc4)c3)nc2N1C. The highest BCUT2D eigenvalue weighted by molar-refractivity contribution is 6.03. The fourth-order valence-electron chi connectivity index (χ4n) is 3.39. The van der Waals surface area contributed by atoms with Crippen molar-refractivity contribution < 1.29 is 9.18 Å². The van der Waals surface area contributed by atoms with E-state index in [2.05, 4.69) is 20.4 Å². The third kappa shape index (κ3) is 3.96. The minimum Gasteiger partial charge on any atom is -0.350 e. The molecule has 0 saturated carbocycles. The van der Waals surface area contributed by atoms with Gasteiger partial charge in [-0.3, -0.25) is 9.48 Å². The normalized spacial score (nSPS) is 16.0. The van der Waals surface area contributed by atoms with Gasteiger partial charge in [0.25, 0.3) is 0 Å². The average molecular weight is 409 g/mol. The van der Waals surface area contributed by atoms with Gasteiger partial charge in [-0.25, -0.2) is 9.37 Å². The number of nitrogens with zero attached hydrogens (tertiary/aromatic N) is 6. The maximum atomic E-state index is 13.0. The molecule has 0 aliphatic carbocycles. The molecule has 4 rings (SSSR count). The predicted molar refractivity (Wildman–Crippen MR) is 113 cm³/mol. The Hall–Kier alpha value is -3.49. The van der Waals surface area contributed by atoms with E-state index in [9.17, 15) is 9.18 Å². The van der Waals surface area contributed by atoms with E-state index >= 15 is 0 Å². The third-order valence-corrected chi connectivity index (χ3v) is 5.39. The summed E-state index contributed by atoms with van der Waals surface area (Å²) in [5.74, 6) is 1.00. The Labute approximate surface area is 174 Å². The molecule has 1 aliphatic rings. The Balaban J connectivity index is 1.37. The summed E-state index contributed by atoms with van der Waals surface area (Å²) in [6.45, 7) is 3.10. The van der Waals surface area contributed by atoms with Crippen molar-refractivity contribution in [3.8, 4) is 0 Å². The van der Waals surface area contributed by atoms with Gasteiger partial charge in [0.1, 0.15) is 17.5 Å². The standard InChI is InChI=1S/C21H24FN7O/c1-14-20(30)28(3)18-12-24-21(26-19(18)27(14)2)23-10-16-11-25-29(13-16)9-8-15-4-6-17(22)7-5-15/h4-7,11-14H,8-10H2,1-3H3,(H,23,24,26)/t14-/m0/s1. The van der Waals surface area contributed by atoms with Crippen molar-refractivity contribution in [1.82, 2.24) is 19.7 Å². The number of benzene rings is 1. The van der Waals surface area contributed by atoms with Crippen LogP contribution in [-0.2, 0) is 24.3 Å². The molecule has 3 heterocycles. The molecule has 8 nitrogen and oxygen atoms in total. The van der Waals surface area contributed by atoms with Gasteiger partial charge in [-0.15, -0.1) is 0 Å². The van der Waals surface area contributed by atoms with E-state index in [1.54, 1.807) is 36.5 Å². The monoisotopic (exact) mass is 409 g/mol. The third-order valence-electron chi connectivity index (χ3n) is 5.39. The van der Waals surface area contributed by atoms with Crippen LogP contribution in [0, 0.1) is 5.82 Å². The average Bonchev–Trinajstić information content (AvgIpc) is 3.22. The molecule has 30 heavy (non-hydrogen) atoms. The summed E-state index contributed by atoms with van der Waals surface area (Å²) < 4.78 is 14.9. The Morgan fingerprint density at radius 2 is 1.90 bits per heavy atom. The largest absolute Gasteiger partial charge is 0.350 e. The van der Waals surface area contributed by atoms with Gasteiger partial charge in [-0.1, -0.05) is 12.1 Å². The summed E-state index contributed by atoms with van der Waals surface area (Å²) in [5.41, 5.74) is 2.76. The van der Waals surface area contributed by atoms with Crippen LogP contribution in [0.1, 0.15) is 18.1 Å². The number of rotatable bonds is 6. The van der Waals surface area contributed by atoms with Crippen LogP contribution in [0.25, 0.3) is 0 Å². The van der Waals surface area contributed by atoms with Gasteiger partial charge in [0.05, 0.1) is 12.4 Å². The Bertz CT molecular complexity index is 1050. The predicted octanol–water partition coefficient (Wildman–Crippen LogP) is 2.47. The fourth-order valence-corrected chi connectivity index (χ4v) is 3.39. The van der Waals surface area contributed by atoms with Crippen molar-refractivity contribution in [3.63, 3.8) is 0 Å². The number of nitrogens with one attached hydrogen (secondary N) is 1. The van der Waals surface area contributed by atoms with Crippen LogP contribution in [0.2, 0.25) is 0 Å². The quantitative estimate of drug-likeness (QED) is 0.674. The van der Waals surface area contributed by atoms with Crippen LogP contribution in [0.3, 0.4) is 0 Å². The van der Waals surface area contributed by atoms with Crippen LogP contribution in [0.4, 0.5) is 21.8 Å². The molecule has 0 saturated heterocycles. The number of hydrogen-bond donors (Lipinski definition) is 1. The van der Waals surface area contributed by atoms with Crippen molar-refractivity contribution in [2.24, 2.45) is 0 Å². The molecule has 9 heteroatoms. The van der Waals surface area contributed by atoms with Crippen LogP contribution in [0.15, 0.2) is 42.9 Å². The molecule has 0 unspecified atom stereocenters. The molecule has 1 atom stereocenters. The van der Waals surface area contributed by atoms with Crippen molar-refractivity contribution in [2.45, 2.75) is 32.5 Å². The van der Waals surface area contributed by atoms with Crippen LogP contribution >= 0.6 is 0 Å². The molecule has 0 spiro atoms. The molecule has 1 N–H and O–H groups in total. The first kappa shape index (κ1) is 19.8. The van der Waals surface area contributed by atoms with Gasteiger partial charge in [0, 0.05) is 38.9 Å². The first-order valence-corrected chi connectivity index (χ1v) is 9.79. The molecule has 156 valence electrons. The van der Waals surface area contributed by atoms with Crippen molar-refractivity contribution in [3.05, 3.63) is 59.8 Å². The van der Waals surface area contributed by atoms with E-state index in [1.165, 1.54) is 12.1 Å². The molecule has 1 aliphatic heterocycles. The molecule has 0 radical (unpaired) electrons. The van der Waals surface area contributed by atoms with E-state index < -0.39 is 0 Å². The van der Waals surface area contributed by atoms with Crippen LogP contribution < -0.4 is 15.1 Å². The zero-order valence-corrected chi connectivity index (χ0v) is 17.2. The van der Waals surface area contributed by atoms with Gasteiger partial charge in [0.15, 0.2) is 5.82 Å². The summed E-state index contributed by atoms with van der Waals surface area (Å²) in [5, 5.41) is 7.60. The van der Waals surface area contributed by atoms with Crippen LogP contribution in [-0.4, -0.2) is 45.8 Å². The summed E-state index contributed by atoms with van der Waals surface area (Å²) in [4.78, 5) is 24.6. The van der Waals surface area contributed by atoms with Gasteiger partial charge >= 0.3 is 0 Å². The van der Waals surface area contributed by atoms with E-state index in [4.69, 9.17) is 0 Å². The van der Waals surface area contributed by atoms with Crippen molar-refractivity contribution in [2.75, 3.05) is 29.2 Å². The number of carbonyl (C=O) groups excluding carboxylic acids is 1. The molecule has 0 bridgehead atoms. The van der Waals surface area contributed by atoms with Crippen molar-refractivity contribution >= 4 is 23.4 Å². The lowest BCUT2D eigenvalue weighted by Crippen LogP contribution is -2.49. The number of hydrogen-bond acceptors (Lipinski definition) is 6. The van der Waals surface area contributed by atoms with Crippen LogP contribution in [0.5, 0.6) is 0 Å². The number of fused-ring (bicyclic) bond motifs is 1. The first-order chi connectivity index (χ1) is 14.4. The summed E-state index contributed by atoms with van der Waals surface area (Å²) in [7, 11) is 3.60. The second kappa shape index (κ2) is 8.10. The first-order valence-electron chi connectivity index (χ1n) is 9.79. The highest BCUT2D eigenvalue weighted by atomic mass is 19.1. The number of aromatic nitrogens is 4. The highest BCUT2D eigenvalue weighted by Crippen LogP contribution is 2.32. The number of carbonyl (C=O) groups is 1. The Morgan fingerprint density at radius 3 is 2.67 bits per heavy atom. The van der Waals surface area contributed by atoms with Crippen molar-refractivity contribution in [1.29, 1.82) is 0 Å². The zero-order valence-electron chi connectivity index (χ0n) is 17.2. The molecule has 2 aromatic heterocycles. The second-order valence-electron chi connectivity index (χ2n) is 7.43. The molecule has 0 fully saturated rings. The number of amides is 1. The summed E-state index contributed by atoms with van der Waals surface area (Å²) in [6, 6.07) is 6.25. The summed E-state index contributed by atoms with van der Waals surface area (Å²) in [6.07, 6.45) is 6.21. The molecule has 1 amide bonds. The number of likely N-dealkylation sites (N-methyl/N-ethyl adjacent to an activating group) is 2. The van der Waals surface area contributed by atoms with E-state index in [0.29, 0.717) is 24.7 Å². The maximum absolute atomic E-state index is 13.0. The minimum absolute atomic E-state index is 0.0161. The maximum Gasteiger partial charge on any atom is 0.249 e. The highest BCUT2D eigenvalue weighted by Gasteiger charge is 2.32. The van der Waals surface area contributed by atoms with E-state index in [-0.39, 0.29) is 17.8 Å². The number of halogens is 1. The Morgan fingerprint density at radius 1 is 1.13 bits per heavy atom. The van der Waals surface area contributed by atoms with E-state index in [0.717, 1.165) is 23.4 Å². The van der Waals surface area contributed by atoms with Gasteiger partial charge in [-0.05, 0) is 31.0 Å². The lowest BCUT2D eigenvalue weighted by atomic mass is 10.1. The molecular formula is C21H24FN7O. The Kier molecular flexibility index (Phi) is 5.35. The van der Waals surface area contributed by atoms with E-state index in [1.807, 2.05) is 29.7 Å². The van der Waals surface area contributed by atoms with Gasteiger partial charge in [0.2, 0.25) is 11.9 Å².